The van der Waals surface area contributed by atoms with Crippen LogP contribution in [0, 0.1) is 13.8 Å². The number of nitrogens with one attached hydrogen (secondary N) is 1. The van der Waals surface area contributed by atoms with Gasteiger partial charge in [0.25, 0.3) is 23.6 Å². The summed E-state index contributed by atoms with van der Waals surface area (Å²) in [7, 11) is 0. The first-order valence-electron chi connectivity index (χ1n) is 11.1. The summed E-state index contributed by atoms with van der Waals surface area (Å²) in [6.45, 7) is 4.12. The van der Waals surface area contributed by atoms with Crippen molar-refractivity contribution in [3.8, 4) is 0 Å². The Morgan fingerprint density at radius 2 is 1.16 bits per heavy atom. The van der Waals surface area contributed by atoms with E-state index in [4.69, 9.17) is 11.6 Å². The van der Waals surface area contributed by atoms with Crippen LogP contribution in [0.1, 0.15) is 62.8 Å². The molecule has 0 spiro atoms. The number of nitrogens with zero attached hydrogens (tertiary/aromatic N) is 3. The monoisotopic (exact) mass is 552 g/mol. The van der Waals surface area contributed by atoms with Gasteiger partial charge in [-0.2, -0.15) is 0 Å². The van der Waals surface area contributed by atoms with E-state index < -0.39 is 0 Å². The second kappa shape index (κ2) is 11.5. The summed E-state index contributed by atoms with van der Waals surface area (Å²) in [5.74, 6) is -0.539. The Balaban J connectivity index is 0.000000143. The van der Waals surface area contributed by atoms with E-state index in [1.807, 2.05) is 24.6 Å². The summed E-state index contributed by atoms with van der Waals surface area (Å²) in [4.78, 5) is 55.7. The topological polar surface area (TPSA) is 109 Å². The Labute approximate surface area is 226 Å². The molecule has 8 nitrogen and oxygen atoms in total. The third-order valence-electron chi connectivity index (χ3n) is 5.31. The molecule has 0 atom stereocenters. The molecule has 0 bridgehead atoms. The minimum Gasteiger partial charge on any atom is -0.288 e. The smallest absolute Gasteiger partial charge is 0.261 e. The van der Waals surface area contributed by atoms with Crippen LogP contribution in [-0.4, -0.2) is 38.5 Å². The summed E-state index contributed by atoms with van der Waals surface area (Å²) in [6, 6.07) is 13.6. The van der Waals surface area contributed by atoms with Crippen LogP contribution in [0.15, 0.2) is 59.3 Å². The highest BCUT2D eigenvalue weighted by Gasteiger charge is 2.35. The van der Waals surface area contributed by atoms with Crippen LogP contribution in [0.2, 0.25) is 0 Å². The van der Waals surface area contributed by atoms with E-state index in [0.717, 1.165) is 21.4 Å². The molecule has 0 unspecified atom stereocenters. The van der Waals surface area contributed by atoms with Gasteiger partial charge in [-0.1, -0.05) is 24.3 Å². The number of fused-ring (bicyclic) bond motifs is 2. The lowest BCUT2D eigenvalue weighted by molar-refractivity contribution is 0.0639. The number of aryl methyl sites for hydroxylation is 2. The minimum atomic E-state index is -0.300. The number of imide groups is 2. The highest BCUT2D eigenvalue weighted by molar-refractivity contribution is 7.09. The number of carbonyl (C=O) groups is 4. The van der Waals surface area contributed by atoms with Gasteiger partial charge in [-0.05, 0) is 38.1 Å². The molecule has 11 heteroatoms. The lowest BCUT2D eigenvalue weighted by Gasteiger charge is -2.11. The first-order valence-corrected chi connectivity index (χ1v) is 13.4. The standard InChI is InChI=1S/C13H10N2O2S.C8H5NO2.C5H6ClNS/c1-8-14-9(7-18-8)6-15-12(16)10-4-2-3-5-11(10)13(15)17;10-7-5-3-1-2-4-6(5)8(11)9-7;1-4-7-5(2-6)3-8-4/h2-5,7H,6H2,1H3;1-4H,(H,9,10,11);3H,2H2,1H3. The number of benzene rings is 2. The normalized spacial score (nSPS) is 13.3. The maximum absolute atomic E-state index is 12.1. The van der Waals surface area contributed by atoms with E-state index in [1.54, 1.807) is 59.9 Å². The average molecular weight is 553 g/mol. The van der Waals surface area contributed by atoms with E-state index in [2.05, 4.69) is 15.3 Å². The Morgan fingerprint density at radius 3 is 1.54 bits per heavy atom. The number of carbonyl (C=O) groups excluding carboxylic acids is 4. The summed E-state index contributed by atoms with van der Waals surface area (Å²) >= 11 is 8.63. The van der Waals surface area contributed by atoms with Crippen molar-refractivity contribution in [3.63, 3.8) is 0 Å². The van der Waals surface area contributed by atoms with E-state index in [0.29, 0.717) is 28.1 Å². The van der Waals surface area contributed by atoms with Crippen LogP contribution in [-0.2, 0) is 12.4 Å². The molecule has 2 aromatic carbocycles. The van der Waals surface area contributed by atoms with Crippen molar-refractivity contribution in [1.82, 2.24) is 20.2 Å². The summed E-state index contributed by atoms with van der Waals surface area (Å²) < 4.78 is 0. The minimum absolute atomic E-state index is 0.235. The molecular formula is C26H21ClN4O4S2. The fourth-order valence-electron chi connectivity index (χ4n) is 3.61. The fourth-order valence-corrected chi connectivity index (χ4v) is 5.06. The van der Waals surface area contributed by atoms with Gasteiger partial charge >= 0.3 is 0 Å². The van der Waals surface area contributed by atoms with Crippen molar-refractivity contribution in [3.05, 3.63) is 103 Å². The molecular weight excluding hydrogens is 532 g/mol. The first-order chi connectivity index (χ1) is 17.8. The predicted molar refractivity (Wildman–Crippen MR) is 142 cm³/mol. The molecule has 4 heterocycles. The Morgan fingerprint density at radius 1 is 0.730 bits per heavy atom. The van der Waals surface area contributed by atoms with E-state index in [9.17, 15) is 19.2 Å². The molecule has 0 aliphatic carbocycles. The molecule has 2 aromatic heterocycles. The summed E-state index contributed by atoms with van der Waals surface area (Å²) in [6.07, 6.45) is 0. The zero-order chi connectivity index (χ0) is 26.5. The second-order valence-electron chi connectivity index (χ2n) is 7.92. The van der Waals surface area contributed by atoms with Gasteiger partial charge in [0.1, 0.15) is 0 Å². The van der Waals surface area contributed by atoms with Crippen molar-refractivity contribution in [1.29, 1.82) is 0 Å². The van der Waals surface area contributed by atoms with Crippen molar-refractivity contribution < 1.29 is 19.2 Å². The van der Waals surface area contributed by atoms with Gasteiger partial charge in [-0.25, -0.2) is 9.97 Å². The molecule has 2 aliphatic heterocycles. The summed E-state index contributed by atoms with van der Waals surface area (Å²) in [5, 5.41) is 8.07. The average Bonchev–Trinajstić information content (AvgIpc) is 3.65. The van der Waals surface area contributed by atoms with Gasteiger partial charge in [0.15, 0.2) is 0 Å². The van der Waals surface area contributed by atoms with Gasteiger partial charge in [0.05, 0.1) is 56.1 Å². The number of halogens is 1. The molecule has 0 fully saturated rings. The maximum Gasteiger partial charge on any atom is 0.261 e. The number of hydrogen-bond acceptors (Lipinski definition) is 8. The number of rotatable bonds is 3. The SMILES string of the molecule is Cc1nc(CCl)cs1.Cc1nc(CN2C(=O)c3ccccc3C2=O)cs1.O=C1NC(=O)c2ccccc21. The van der Waals surface area contributed by atoms with Crippen LogP contribution in [0.3, 0.4) is 0 Å². The fraction of sp³-hybridized carbons (Fsp3) is 0.154. The van der Waals surface area contributed by atoms with Crippen LogP contribution in [0.4, 0.5) is 0 Å². The van der Waals surface area contributed by atoms with Gasteiger partial charge in [-0.3, -0.25) is 29.4 Å². The quantitative estimate of drug-likeness (QED) is 0.283. The number of amides is 4. The van der Waals surface area contributed by atoms with Crippen molar-refractivity contribution >= 4 is 57.9 Å². The zero-order valence-corrected chi connectivity index (χ0v) is 22.2. The van der Waals surface area contributed by atoms with Crippen LogP contribution >= 0.6 is 34.3 Å². The molecule has 37 heavy (non-hydrogen) atoms. The third kappa shape index (κ3) is 5.99. The summed E-state index contributed by atoms with van der Waals surface area (Å²) in [5.41, 5.74) is 3.64. The first kappa shape index (κ1) is 26.3. The molecule has 4 amide bonds. The molecule has 188 valence electrons. The lowest BCUT2D eigenvalue weighted by atomic mass is 10.1. The molecule has 0 saturated carbocycles. The van der Waals surface area contributed by atoms with Gasteiger partial charge in [0.2, 0.25) is 0 Å². The number of thiazole rings is 2. The third-order valence-corrected chi connectivity index (χ3v) is 7.23. The zero-order valence-electron chi connectivity index (χ0n) is 19.9. The van der Waals surface area contributed by atoms with Gasteiger partial charge < -0.3 is 0 Å². The second-order valence-corrected chi connectivity index (χ2v) is 10.3. The molecule has 0 radical (unpaired) electrons. The van der Waals surface area contributed by atoms with Crippen molar-refractivity contribution in [2.45, 2.75) is 26.3 Å². The van der Waals surface area contributed by atoms with Crippen molar-refractivity contribution in [2.75, 3.05) is 0 Å². The Kier molecular flexibility index (Phi) is 8.22. The highest BCUT2D eigenvalue weighted by Crippen LogP contribution is 2.24. The van der Waals surface area contributed by atoms with Crippen molar-refractivity contribution in [2.24, 2.45) is 0 Å². The molecule has 0 saturated heterocycles. The highest BCUT2D eigenvalue weighted by atomic mass is 35.5. The van der Waals surface area contributed by atoms with Crippen LogP contribution in [0.5, 0.6) is 0 Å². The molecule has 4 aromatic rings. The number of hydrogen-bond donors (Lipinski definition) is 1. The predicted octanol–water partition coefficient (Wildman–Crippen LogP) is 5.01. The molecule has 6 rings (SSSR count). The largest absolute Gasteiger partial charge is 0.288 e. The Bertz CT molecular complexity index is 1430. The maximum atomic E-state index is 12.1. The van der Waals surface area contributed by atoms with E-state index in [1.165, 1.54) is 16.2 Å². The van der Waals surface area contributed by atoms with E-state index in [-0.39, 0.29) is 30.2 Å². The van der Waals surface area contributed by atoms with Gasteiger partial charge in [0, 0.05) is 10.8 Å². The van der Waals surface area contributed by atoms with E-state index >= 15 is 0 Å². The number of aromatic nitrogens is 2. The van der Waals surface area contributed by atoms with Crippen LogP contribution in [0.25, 0.3) is 0 Å². The van der Waals surface area contributed by atoms with Crippen LogP contribution < -0.4 is 5.32 Å². The number of alkyl halides is 1. The molecule has 2 aliphatic rings. The lowest BCUT2D eigenvalue weighted by Crippen LogP contribution is -2.29. The molecule has 1 N–H and O–H groups in total. The Hall–Kier alpha value is -3.73. The van der Waals surface area contributed by atoms with Gasteiger partial charge in [-0.15, -0.1) is 34.3 Å².